The van der Waals surface area contributed by atoms with Gasteiger partial charge in [-0.05, 0) is 24.1 Å². The Morgan fingerprint density at radius 3 is 2.67 bits per heavy atom. The average Bonchev–Trinajstić information content (AvgIpc) is 2.66. The maximum absolute atomic E-state index is 13.1. The van der Waals surface area contributed by atoms with E-state index in [2.05, 4.69) is 0 Å². The first-order chi connectivity index (χ1) is 8.32. The predicted octanol–water partition coefficient (Wildman–Crippen LogP) is 4.19. The van der Waals surface area contributed by atoms with Crippen molar-refractivity contribution in [2.45, 2.75) is 37.2 Å². The van der Waals surface area contributed by atoms with E-state index in [1.807, 2.05) is 6.92 Å². The van der Waals surface area contributed by atoms with E-state index < -0.39 is 17.7 Å². The van der Waals surface area contributed by atoms with E-state index in [1.54, 1.807) is 0 Å². The van der Waals surface area contributed by atoms with Gasteiger partial charge in [-0.15, -0.1) is 11.6 Å². The van der Waals surface area contributed by atoms with Gasteiger partial charge in [-0.25, -0.2) is 8.78 Å². The largest absolute Gasteiger partial charge is 0.490 e. The molecule has 0 N–H and O–H groups in total. The quantitative estimate of drug-likeness (QED) is 0.597. The standard InChI is InChI=1S/C12H11ClF4O/c1-6-4-8-5-7(2-3-9(8)18-6)10(13)12(16,17)11(14)15/h2-3,5-6,10-11H,4H2,1H3. The molecule has 0 saturated heterocycles. The summed E-state index contributed by atoms with van der Waals surface area (Å²) in [6.07, 6.45) is -3.27. The Balaban J connectivity index is 2.28. The first kappa shape index (κ1) is 13.5. The molecule has 0 saturated carbocycles. The average molecular weight is 283 g/mol. The normalized spacial score (nSPS) is 20.7. The summed E-state index contributed by atoms with van der Waals surface area (Å²) in [5, 5.41) is -2.04. The second-order valence-corrected chi connectivity index (χ2v) is 4.77. The van der Waals surface area contributed by atoms with Gasteiger partial charge in [0.1, 0.15) is 17.2 Å². The molecule has 2 atom stereocenters. The van der Waals surface area contributed by atoms with Gasteiger partial charge < -0.3 is 4.74 Å². The monoisotopic (exact) mass is 282 g/mol. The maximum atomic E-state index is 13.1. The van der Waals surface area contributed by atoms with Gasteiger partial charge in [0.25, 0.3) is 0 Å². The number of ether oxygens (including phenoxy) is 1. The zero-order chi connectivity index (χ0) is 13.5. The van der Waals surface area contributed by atoms with E-state index >= 15 is 0 Å². The van der Waals surface area contributed by atoms with Crippen LogP contribution in [-0.2, 0) is 6.42 Å². The molecular weight excluding hydrogens is 272 g/mol. The van der Waals surface area contributed by atoms with Crippen LogP contribution in [0.1, 0.15) is 23.4 Å². The van der Waals surface area contributed by atoms with Crippen LogP contribution >= 0.6 is 11.6 Å². The second kappa shape index (κ2) is 4.61. The third-order valence-electron chi connectivity index (χ3n) is 2.84. The van der Waals surface area contributed by atoms with Crippen molar-refractivity contribution in [3.63, 3.8) is 0 Å². The van der Waals surface area contributed by atoms with E-state index in [9.17, 15) is 17.6 Å². The molecule has 0 spiro atoms. The van der Waals surface area contributed by atoms with Crippen LogP contribution in [0.4, 0.5) is 17.6 Å². The summed E-state index contributed by atoms with van der Waals surface area (Å²) in [6.45, 7) is 1.84. The van der Waals surface area contributed by atoms with Crippen LogP contribution in [0.25, 0.3) is 0 Å². The SMILES string of the molecule is CC1Cc2cc(C(Cl)C(F)(F)C(F)F)ccc2O1. The second-order valence-electron chi connectivity index (χ2n) is 4.34. The number of hydrogen-bond donors (Lipinski definition) is 0. The number of hydrogen-bond acceptors (Lipinski definition) is 1. The molecular formula is C12H11ClF4O. The lowest BCUT2D eigenvalue weighted by atomic mass is 10.0. The van der Waals surface area contributed by atoms with E-state index in [-0.39, 0.29) is 11.7 Å². The summed E-state index contributed by atoms with van der Waals surface area (Å²) in [4.78, 5) is 0. The first-order valence-electron chi connectivity index (χ1n) is 5.42. The summed E-state index contributed by atoms with van der Waals surface area (Å²) >= 11 is 5.46. The Morgan fingerprint density at radius 2 is 2.06 bits per heavy atom. The van der Waals surface area contributed by atoms with Crippen molar-refractivity contribution in [1.82, 2.24) is 0 Å². The van der Waals surface area contributed by atoms with Crippen LogP contribution in [-0.4, -0.2) is 18.5 Å². The highest BCUT2D eigenvalue weighted by Gasteiger charge is 2.48. The molecule has 2 rings (SSSR count). The minimum Gasteiger partial charge on any atom is -0.490 e. The van der Waals surface area contributed by atoms with Crippen molar-refractivity contribution in [3.05, 3.63) is 29.3 Å². The molecule has 1 aliphatic heterocycles. The van der Waals surface area contributed by atoms with Crippen molar-refractivity contribution in [3.8, 4) is 5.75 Å². The Hall–Kier alpha value is -0.970. The molecule has 0 radical (unpaired) electrons. The third kappa shape index (κ3) is 2.28. The van der Waals surface area contributed by atoms with Crippen LogP contribution in [0.15, 0.2) is 18.2 Å². The molecule has 0 aliphatic carbocycles. The molecule has 100 valence electrons. The predicted molar refractivity (Wildman–Crippen MR) is 59.8 cm³/mol. The van der Waals surface area contributed by atoms with Crippen LogP contribution < -0.4 is 4.74 Å². The van der Waals surface area contributed by atoms with Crippen LogP contribution in [0, 0.1) is 0 Å². The van der Waals surface area contributed by atoms with E-state index in [1.165, 1.54) is 18.2 Å². The zero-order valence-corrected chi connectivity index (χ0v) is 10.2. The van der Waals surface area contributed by atoms with Gasteiger partial charge in [-0.1, -0.05) is 12.1 Å². The van der Waals surface area contributed by atoms with Gasteiger partial charge in [0, 0.05) is 6.42 Å². The lowest BCUT2D eigenvalue weighted by Gasteiger charge is -2.21. The number of alkyl halides is 5. The number of benzene rings is 1. The van der Waals surface area contributed by atoms with Crippen LogP contribution in [0.5, 0.6) is 5.75 Å². The van der Waals surface area contributed by atoms with Gasteiger partial charge >= 0.3 is 12.3 Å². The Bertz CT molecular complexity index is 450. The van der Waals surface area contributed by atoms with Gasteiger partial charge in [0.2, 0.25) is 0 Å². The highest BCUT2D eigenvalue weighted by Crippen LogP contribution is 2.43. The van der Waals surface area contributed by atoms with E-state index in [0.29, 0.717) is 12.2 Å². The molecule has 0 bridgehead atoms. The molecule has 6 heteroatoms. The minimum atomic E-state index is -4.25. The molecule has 0 aromatic heterocycles. The molecule has 1 aliphatic rings. The van der Waals surface area contributed by atoms with Gasteiger partial charge in [-0.2, -0.15) is 8.78 Å². The molecule has 0 fully saturated rings. The Labute approximate surface area is 107 Å². The van der Waals surface area contributed by atoms with E-state index in [4.69, 9.17) is 16.3 Å². The molecule has 1 heterocycles. The van der Waals surface area contributed by atoms with Crippen molar-refractivity contribution in [1.29, 1.82) is 0 Å². The highest BCUT2D eigenvalue weighted by molar-refractivity contribution is 6.21. The Kier molecular flexibility index (Phi) is 3.45. The molecule has 2 unspecified atom stereocenters. The molecule has 18 heavy (non-hydrogen) atoms. The van der Waals surface area contributed by atoms with E-state index in [0.717, 1.165) is 5.56 Å². The summed E-state index contributed by atoms with van der Waals surface area (Å²) in [5.74, 6) is -3.66. The van der Waals surface area contributed by atoms with Crippen LogP contribution in [0.2, 0.25) is 0 Å². The fourth-order valence-corrected chi connectivity index (χ4v) is 2.16. The molecule has 1 aromatic rings. The maximum Gasteiger partial charge on any atom is 0.327 e. The fourth-order valence-electron chi connectivity index (χ4n) is 1.93. The van der Waals surface area contributed by atoms with Crippen molar-refractivity contribution < 1.29 is 22.3 Å². The Morgan fingerprint density at radius 1 is 1.39 bits per heavy atom. The molecule has 1 aromatic carbocycles. The van der Waals surface area contributed by atoms with Crippen molar-refractivity contribution in [2.24, 2.45) is 0 Å². The summed E-state index contributed by atoms with van der Waals surface area (Å²) in [7, 11) is 0. The lowest BCUT2D eigenvalue weighted by molar-refractivity contribution is -0.130. The number of rotatable bonds is 3. The fraction of sp³-hybridized carbons (Fsp3) is 0.500. The highest BCUT2D eigenvalue weighted by atomic mass is 35.5. The third-order valence-corrected chi connectivity index (χ3v) is 3.38. The molecule has 0 amide bonds. The van der Waals surface area contributed by atoms with Crippen LogP contribution in [0.3, 0.4) is 0 Å². The summed E-state index contributed by atoms with van der Waals surface area (Å²) in [6, 6.07) is 4.20. The van der Waals surface area contributed by atoms with Gasteiger partial charge in [-0.3, -0.25) is 0 Å². The minimum absolute atomic E-state index is 0.0154. The smallest absolute Gasteiger partial charge is 0.327 e. The lowest BCUT2D eigenvalue weighted by Crippen LogP contribution is -2.31. The zero-order valence-electron chi connectivity index (χ0n) is 9.47. The van der Waals surface area contributed by atoms with Crippen molar-refractivity contribution in [2.75, 3.05) is 0 Å². The molecule has 1 nitrogen and oxygen atoms in total. The summed E-state index contributed by atoms with van der Waals surface area (Å²) < 4.78 is 56.1. The first-order valence-corrected chi connectivity index (χ1v) is 5.85. The summed E-state index contributed by atoms with van der Waals surface area (Å²) in [5.41, 5.74) is 0.703. The topological polar surface area (TPSA) is 9.23 Å². The number of halogens is 5. The van der Waals surface area contributed by atoms with Gasteiger partial charge in [0.05, 0.1) is 0 Å². The van der Waals surface area contributed by atoms with Crippen molar-refractivity contribution >= 4 is 11.6 Å². The number of fused-ring (bicyclic) bond motifs is 1. The van der Waals surface area contributed by atoms with Gasteiger partial charge in [0.15, 0.2) is 0 Å².